The van der Waals surface area contributed by atoms with Crippen LogP contribution in [0.5, 0.6) is 5.75 Å². The lowest BCUT2D eigenvalue weighted by Crippen LogP contribution is -2.46. The molecule has 0 aliphatic heterocycles. The minimum absolute atomic E-state index is 0.175. The Bertz CT molecular complexity index is 1070. The van der Waals surface area contributed by atoms with E-state index in [4.69, 9.17) is 14.9 Å². The number of benzene rings is 1. The highest BCUT2D eigenvalue weighted by Gasteiger charge is 2.34. The van der Waals surface area contributed by atoms with Gasteiger partial charge in [-0.15, -0.1) is 11.3 Å². The Hall–Kier alpha value is -2.91. The molecular formula is C20H21N3O5S. The molecule has 0 spiro atoms. The summed E-state index contributed by atoms with van der Waals surface area (Å²) in [5, 5.41) is 12.4. The first-order valence-electron chi connectivity index (χ1n) is 9.27. The second kappa shape index (κ2) is 7.84. The third-order valence-corrected chi connectivity index (χ3v) is 5.82. The molecule has 8 nitrogen and oxygen atoms in total. The van der Waals surface area contributed by atoms with Crippen molar-refractivity contribution in [3.63, 3.8) is 0 Å². The number of furan rings is 1. The van der Waals surface area contributed by atoms with E-state index in [1.807, 2.05) is 6.92 Å². The Morgan fingerprint density at radius 3 is 2.86 bits per heavy atom. The normalized spacial score (nSPS) is 14.7. The van der Waals surface area contributed by atoms with E-state index in [-0.39, 0.29) is 5.92 Å². The zero-order valence-corrected chi connectivity index (χ0v) is 16.6. The van der Waals surface area contributed by atoms with E-state index in [0.717, 1.165) is 23.4 Å². The first-order chi connectivity index (χ1) is 14.0. The smallest absolute Gasteiger partial charge is 0.256 e. The van der Waals surface area contributed by atoms with Crippen molar-refractivity contribution < 1.29 is 23.8 Å². The topological polar surface area (TPSA) is 128 Å². The fraction of sp³-hybridized carbons (Fsp3) is 0.350. The molecule has 1 aliphatic carbocycles. The summed E-state index contributed by atoms with van der Waals surface area (Å²) in [6.45, 7) is 1.73. The number of nitrogens with two attached hydrogens (primary N) is 1. The highest BCUT2D eigenvalue weighted by Crippen LogP contribution is 2.45. The number of aromatic nitrogens is 1. The molecule has 1 atom stereocenters. The van der Waals surface area contributed by atoms with Gasteiger partial charge in [-0.3, -0.25) is 9.59 Å². The minimum atomic E-state index is -1.16. The molecule has 4 N–H and O–H groups in total. The van der Waals surface area contributed by atoms with Gasteiger partial charge in [-0.25, -0.2) is 4.98 Å². The maximum absolute atomic E-state index is 12.9. The summed E-state index contributed by atoms with van der Waals surface area (Å²) in [7, 11) is 0. The Morgan fingerprint density at radius 2 is 2.24 bits per heavy atom. The van der Waals surface area contributed by atoms with Gasteiger partial charge in [-0.1, -0.05) is 0 Å². The van der Waals surface area contributed by atoms with Crippen LogP contribution >= 0.6 is 11.3 Å². The molecule has 2 aromatic heterocycles. The Balaban J connectivity index is 1.65. The second-order valence-electron chi connectivity index (χ2n) is 7.03. The van der Waals surface area contributed by atoms with Gasteiger partial charge in [-0.2, -0.15) is 0 Å². The Labute approximate surface area is 170 Å². The van der Waals surface area contributed by atoms with Gasteiger partial charge in [0.05, 0.1) is 28.3 Å². The molecule has 0 unspecified atom stereocenters. The summed E-state index contributed by atoms with van der Waals surface area (Å²) >= 11 is 1.52. The van der Waals surface area contributed by atoms with Crippen LogP contribution in [0.3, 0.4) is 0 Å². The maximum Gasteiger partial charge on any atom is 0.256 e. The predicted octanol–water partition coefficient (Wildman–Crippen LogP) is 2.23. The van der Waals surface area contributed by atoms with E-state index in [9.17, 15) is 14.7 Å². The molecule has 1 fully saturated rings. The molecule has 1 aromatic carbocycles. The number of nitrogens with zero attached hydrogens (tertiary/aromatic N) is 1. The molecule has 29 heavy (non-hydrogen) atoms. The third kappa shape index (κ3) is 3.96. The van der Waals surface area contributed by atoms with Gasteiger partial charge in [-0.05, 0) is 38.0 Å². The van der Waals surface area contributed by atoms with Gasteiger partial charge in [0.15, 0.2) is 0 Å². The van der Waals surface area contributed by atoms with Gasteiger partial charge >= 0.3 is 0 Å². The molecule has 0 bridgehead atoms. The van der Waals surface area contributed by atoms with Gasteiger partial charge in [0.2, 0.25) is 5.91 Å². The number of primary amides is 1. The summed E-state index contributed by atoms with van der Waals surface area (Å²) in [6.07, 6.45) is 1.88. The van der Waals surface area contributed by atoms with Gasteiger partial charge in [0.1, 0.15) is 29.7 Å². The lowest BCUT2D eigenvalue weighted by atomic mass is 10.1. The SMILES string of the molecule is Cc1ncsc1COc1ccc2oc(C3CC3)c(C(=O)N[C@@H](CO)C(N)=O)c2c1. The van der Waals surface area contributed by atoms with Crippen molar-refractivity contribution in [3.05, 3.63) is 45.6 Å². The molecule has 1 saturated carbocycles. The first-order valence-corrected chi connectivity index (χ1v) is 10.1. The number of carbonyl (C=O) groups excluding carboxylic acids is 2. The standard InChI is InChI=1S/C20H21N3O5S/c1-10-16(29-9-22-10)8-27-12-4-5-15-13(6-12)17(18(28-15)11-2-3-11)20(26)23-14(7-24)19(21)25/h4-6,9,11,14,24H,2-3,7-8H2,1H3,(H2,21,25)(H,23,26)/t14-/m0/s1. The molecule has 152 valence electrons. The van der Waals surface area contributed by atoms with Crippen LogP contribution < -0.4 is 15.8 Å². The number of rotatable bonds is 8. The van der Waals surface area contributed by atoms with Crippen LogP contribution in [-0.4, -0.2) is 34.6 Å². The van der Waals surface area contributed by atoms with Gasteiger partial charge in [0, 0.05) is 11.3 Å². The quantitative estimate of drug-likeness (QED) is 0.518. The summed E-state index contributed by atoms with van der Waals surface area (Å²) in [5.74, 6) is 0.0586. The number of aryl methyl sites for hydroxylation is 1. The largest absolute Gasteiger partial charge is 0.488 e. The van der Waals surface area contributed by atoms with Crippen molar-refractivity contribution in [2.75, 3.05) is 6.61 Å². The van der Waals surface area contributed by atoms with Gasteiger partial charge in [0.25, 0.3) is 5.91 Å². The minimum Gasteiger partial charge on any atom is -0.488 e. The number of aliphatic hydroxyl groups excluding tert-OH is 1. The maximum atomic E-state index is 12.9. The van der Waals surface area contributed by atoms with Crippen LogP contribution in [0, 0.1) is 6.92 Å². The molecule has 4 rings (SSSR count). The average Bonchev–Trinajstić information content (AvgIpc) is 3.36. The average molecular weight is 415 g/mol. The molecule has 2 heterocycles. The Kier molecular flexibility index (Phi) is 5.25. The summed E-state index contributed by atoms with van der Waals surface area (Å²) in [4.78, 5) is 29.6. The number of amides is 2. The van der Waals surface area contributed by atoms with Crippen molar-refractivity contribution in [1.29, 1.82) is 0 Å². The van der Waals surface area contributed by atoms with E-state index in [2.05, 4.69) is 10.3 Å². The summed E-state index contributed by atoms with van der Waals surface area (Å²) in [5.41, 5.74) is 8.86. The van der Waals surface area contributed by atoms with Crippen LogP contribution in [0.4, 0.5) is 0 Å². The van der Waals surface area contributed by atoms with E-state index < -0.39 is 24.5 Å². The van der Waals surface area contributed by atoms with Crippen LogP contribution in [0.15, 0.2) is 28.1 Å². The third-order valence-electron chi connectivity index (χ3n) is 4.91. The van der Waals surface area contributed by atoms with Crippen molar-refractivity contribution in [2.45, 2.75) is 38.3 Å². The van der Waals surface area contributed by atoms with Crippen molar-refractivity contribution in [2.24, 2.45) is 5.73 Å². The van der Waals surface area contributed by atoms with Gasteiger partial charge < -0.3 is 25.3 Å². The fourth-order valence-electron chi connectivity index (χ4n) is 3.10. The molecule has 0 saturated heterocycles. The highest BCUT2D eigenvalue weighted by molar-refractivity contribution is 7.09. The number of nitrogens with one attached hydrogen (secondary N) is 1. The number of ether oxygens (including phenoxy) is 1. The molecule has 2 amide bonds. The number of hydrogen-bond acceptors (Lipinski definition) is 7. The number of aliphatic hydroxyl groups is 1. The van der Waals surface area contributed by atoms with Crippen molar-refractivity contribution in [3.8, 4) is 5.75 Å². The van der Waals surface area contributed by atoms with Crippen LogP contribution in [-0.2, 0) is 11.4 Å². The van der Waals surface area contributed by atoms with E-state index in [1.54, 1.807) is 23.7 Å². The number of fused-ring (bicyclic) bond motifs is 1. The zero-order chi connectivity index (χ0) is 20.5. The van der Waals surface area contributed by atoms with Crippen LogP contribution in [0.25, 0.3) is 11.0 Å². The molecular weight excluding hydrogens is 394 g/mol. The molecule has 3 aromatic rings. The second-order valence-corrected chi connectivity index (χ2v) is 7.97. The zero-order valence-electron chi connectivity index (χ0n) is 15.8. The van der Waals surface area contributed by atoms with Crippen molar-refractivity contribution in [1.82, 2.24) is 10.3 Å². The number of carbonyl (C=O) groups is 2. The number of hydrogen-bond donors (Lipinski definition) is 3. The lowest BCUT2D eigenvalue weighted by molar-refractivity contribution is -0.120. The van der Waals surface area contributed by atoms with Crippen LogP contribution in [0.2, 0.25) is 0 Å². The molecule has 1 aliphatic rings. The van der Waals surface area contributed by atoms with E-state index >= 15 is 0 Å². The van der Waals surface area contributed by atoms with E-state index in [1.165, 1.54) is 11.3 Å². The predicted molar refractivity (Wildman–Crippen MR) is 107 cm³/mol. The molecule has 9 heteroatoms. The molecule has 0 radical (unpaired) electrons. The highest BCUT2D eigenvalue weighted by atomic mass is 32.1. The Morgan fingerprint density at radius 1 is 1.45 bits per heavy atom. The number of thiazole rings is 1. The fourth-order valence-corrected chi connectivity index (χ4v) is 3.79. The summed E-state index contributed by atoms with van der Waals surface area (Å²) in [6, 6.07) is 4.16. The van der Waals surface area contributed by atoms with Crippen LogP contribution in [0.1, 0.15) is 45.4 Å². The lowest BCUT2D eigenvalue weighted by Gasteiger charge is -2.13. The first kappa shape index (κ1) is 19.4. The van der Waals surface area contributed by atoms with Crippen molar-refractivity contribution >= 4 is 34.1 Å². The van der Waals surface area contributed by atoms with E-state index in [0.29, 0.717) is 34.6 Å². The monoisotopic (exact) mass is 415 g/mol. The summed E-state index contributed by atoms with van der Waals surface area (Å²) < 4.78 is 11.8.